The number of amides is 1. The number of hydrogen-bond acceptors (Lipinski definition) is 6. The number of carbonyl (C=O) groups is 3. The SMILES string of the molecule is CC(C)(C)OC(=O)NCCn1cc(N)cn1.O=C(O)C(=O)O. The van der Waals surface area contributed by atoms with Gasteiger partial charge in [-0.05, 0) is 20.8 Å². The quantitative estimate of drug-likeness (QED) is 0.574. The van der Waals surface area contributed by atoms with Crippen molar-refractivity contribution in [1.29, 1.82) is 0 Å². The van der Waals surface area contributed by atoms with E-state index in [9.17, 15) is 4.79 Å². The molecule has 1 aromatic rings. The van der Waals surface area contributed by atoms with Crippen molar-refractivity contribution in [1.82, 2.24) is 15.1 Å². The van der Waals surface area contributed by atoms with Crippen molar-refractivity contribution in [2.75, 3.05) is 12.3 Å². The predicted octanol–water partition coefficient (Wildman–Crippen LogP) is 0.146. The Morgan fingerprint density at radius 2 is 1.86 bits per heavy atom. The van der Waals surface area contributed by atoms with E-state index in [1.165, 1.54) is 0 Å². The topological polar surface area (TPSA) is 157 Å². The average molecular weight is 316 g/mol. The van der Waals surface area contributed by atoms with Crippen LogP contribution in [-0.2, 0) is 20.9 Å². The summed E-state index contributed by atoms with van der Waals surface area (Å²) in [5.41, 5.74) is 5.63. The molecule has 0 saturated heterocycles. The van der Waals surface area contributed by atoms with Gasteiger partial charge in [0, 0.05) is 12.7 Å². The summed E-state index contributed by atoms with van der Waals surface area (Å²) in [5, 5.41) is 21.4. The van der Waals surface area contributed by atoms with Crippen LogP contribution in [0.2, 0.25) is 0 Å². The van der Waals surface area contributed by atoms with E-state index in [1.54, 1.807) is 17.1 Å². The predicted molar refractivity (Wildman–Crippen MR) is 76.1 cm³/mol. The van der Waals surface area contributed by atoms with E-state index in [1.807, 2.05) is 20.8 Å². The van der Waals surface area contributed by atoms with Gasteiger partial charge in [0.1, 0.15) is 5.60 Å². The highest BCUT2D eigenvalue weighted by Gasteiger charge is 2.15. The van der Waals surface area contributed by atoms with E-state index in [-0.39, 0.29) is 0 Å². The van der Waals surface area contributed by atoms with E-state index in [2.05, 4.69) is 10.4 Å². The van der Waals surface area contributed by atoms with Crippen LogP contribution in [0.3, 0.4) is 0 Å². The summed E-state index contributed by atoms with van der Waals surface area (Å²) in [4.78, 5) is 29.5. The van der Waals surface area contributed by atoms with Crippen LogP contribution in [0.1, 0.15) is 20.8 Å². The van der Waals surface area contributed by atoms with Crippen LogP contribution in [0.25, 0.3) is 0 Å². The molecule has 0 atom stereocenters. The molecule has 1 aromatic heterocycles. The summed E-state index contributed by atoms with van der Waals surface area (Å²) in [6.07, 6.45) is 2.84. The molecule has 0 aliphatic heterocycles. The van der Waals surface area contributed by atoms with Crippen LogP contribution in [-0.4, -0.2) is 50.2 Å². The highest BCUT2D eigenvalue weighted by molar-refractivity contribution is 6.27. The monoisotopic (exact) mass is 316 g/mol. The summed E-state index contributed by atoms with van der Waals surface area (Å²) in [6.45, 7) is 6.48. The largest absolute Gasteiger partial charge is 0.473 e. The normalized spacial score (nSPS) is 10.1. The molecular formula is C12H20N4O6. The number of hydrogen-bond donors (Lipinski definition) is 4. The number of carboxylic acids is 2. The van der Waals surface area contributed by atoms with Crippen LogP contribution < -0.4 is 11.1 Å². The second kappa shape index (κ2) is 8.49. The number of aliphatic carboxylic acids is 2. The van der Waals surface area contributed by atoms with Crippen molar-refractivity contribution in [2.24, 2.45) is 0 Å². The number of carboxylic acid groups (broad SMARTS) is 2. The molecule has 1 heterocycles. The Labute approximate surface area is 126 Å². The first kappa shape index (κ1) is 19.2. The number of aromatic nitrogens is 2. The number of nitrogens with zero attached hydrogens (tertiary/aromatic N) is 2. The minimum atomic E-state index is -1.82. The van der Waals surface area contributed by atoms with Crippen LogP contribution in [0.15, 0.2) is 12.4 Å². The number of nitrogens with one attached hydrogen (secondary N) is 1. The van der Waals surface area contributed by atoms with Crippen molar-refractivity contribution in [3.05, 3.63) is 12.4 Å². The lowest BCUT2D eigenvalue weighted by Crippen LogP contribution is -2.34. The lowest BCUT2D eigenvalue weighted by atomic mass is 10.2. The van der Waals surface area contributed by atoms with Crippen molar-refractivity contribution in [3.8, 4) is 0 Å². The molecule has 124 valence electrons. The lowest BCUT2D eigenvalue weighted by Gasteiger charge is -2.19. The number of nitrogens with two attached hydrogens (primary N) is 1. The Balaban J connectivity index is 0.000000626. The molecule has 0 aliphatic carbocycles. The average Bonchev–Trinajstić information content (AvgIpc) is 2.73. The molecule has 0 saturated carbocycles. The van der Waals surface area contributed by atoms with Crippen molar-refractivity contribution in [3.63, 3.8) is 0 Å². The molecule has 10 heteroatoms. The third-order valence-corrected chi connectivity index (χ3v) is 1.85. The maximum atomic E-state index is 11.3. The maximum absolute atomic E-state index is 11.3. The van der Waals surface area contributed by atoms with Gasteiger partial charge in [0.25, 0.3) is 0 Å². The van der Waals surface area contributed by atoms with Gasteiger partial charge >= 0.3 is 18.0 Å². The number of rotatable bonds is 3. The minimum Gasteiger partial charge on any atom is -0.473 e. The highest BCUT2D eigenvalue weighted by Crippen LogP contribution is 2.06. The molecule has 0 aromatic carbocycles. The zero-order valence-electron chi connectivity index (χ0n) is 12.6. The fourth-order valence-corrected chi connectivity index (χ4v) is 1.09. The zero-order chi connectivity index (χ0) is 17.3. The minimum absolute atomic E-state index is 0.423. The fourth-order valence-electron chi connectivity index (χ4n) is 1.09. The molecular weight excluding hydrogens is 296 g/mol. The van der Waals surface area contributed by atoms with E-state index < -0.39 is 23.6 Å². The number of anilines is 1. The Morgan fingerprint density at radius 1 is 1.32 bits per heavy atom. The second-order valence-corrected chi connectivity index (χ2v) is 5.08. The summed E-state index contributed by atoms with van der Waals surface area (Å²) in [6, 6.07) is 0. The van der Waals surface area contributed by atoms with Gasteiger partial charge in [0.15, 0.2) is 0 Å². The molecule has 5 N–H and O–H groups in total. The first-order valence-corrected chi connectivity index (χ1v) is 6.22. The number of nitrogen functional groups attached to an aromatic ring is 1. The van der Waals surface area contributed by atoms with Crippen LogP contribution in [0.4, 0.5) is 10.5 Å². The Morgan fingerprint density at radius 3 is 2.23 bits per heavy atom. The third-order valence-electron chi connectivity index (χ3n) is 1.85. The molecule has 0 bridgehead atoms. The summed E-state index contributed by atoms with van der Waals surface area (Å²) >= 11 is 0. The van der Waals surface area contributed by atoms with Gasteiger partial charge in [-0.3, -0.25) is 4.68 Å². The Hall–Kier alpha value is -2.78. The van der Waals surface area contributed by atoms with Gasteiger partial charge in [-0.2, -0.15) is 5.10 Å². The maximum Gasteiger partial charge on any atom is 0.414 e. The van der Waals surface area contributed by atoms with Crippen molar-refractivity contribution >= 4 is 23.7 Å². The van der Waals surface area contributed by atoms with Crippen molar-refractivity contribution < 1.29 is 29.3 Å². The second-order valence-electron chi connectivity index (χ2n) is 5.08. The van der Waals surface area contributed by atoms with Crippen LogP contribution in [0, 0.1) is 0 Å². The molecule has 1 rings (SSSR count). The summed E-state index contributed by atoms with van der Waals surface area (Å²) in [7, 11) is 0. The molecule has 10 nitrogen and oxygen atoms in total. The third kappa shape index (κ3) is 10.1. The standard InChI is InChI=1S/C10H18N4O2.C2H2O4/c1-10(2,3)16-9(15)12-4-5-14-7-8(11)6-13-14;3-1(4)2(5)6/h6-7H,4-5,11H2,1-3H3,(H,12,15);(H,3,4)(H,5,6). The first-order valence-electron chi connectivity index (χ1n) is 6.22. The van der Waals surface area contributed by atoms with Crippen LogP contribution in [0.5, 0.6) is 0 Å². The molecule has 0 unspecified atom stereocenters. The summed E-state index contributed by atoms with van der Waals surface area (Å²) < 4.78 is 6.74. The highest BCUT2D eigenvalue weighted by atomic mass is 16.6. The van der Waals surface area contributed by atoms with Gasteiger partial charge in [-0.1, -0.05) is 0 Å². The zero-order valence-corrected chi connectivity index (χ0v) is 12.6. The van der Waals surface area contributed by atoms with Gasteiger partial charge in [0.2, 0.25) is 0 Å². The lowest BCUT2D eigenvalue weighted by molar-refractivity contribution is -0.159. The van der Waals surface area contributed by atoms with Crippen molar-refractivity contribution in [2.45, 2.75) is 32.9 Å². The molecule has 22 heavy (non-hydrogen) atoms. The Bertz CT molecular complexity index is 508. The fraction of sp³-hybridized carbons (Fsp3) is 0.500. The van der Waals surface area contributed by atoms with E-state index in [4.69, 9.17) is 30.3 Å². The van der Waals surface area contributed by atoms with Gasteiger partial charge in [-0.25, -0.2) is 14.4 Å². The number of alkyl carbamates (subject to hydrolysis) is 1. The molecule has 0 spiro atoms. The number of carbonyl (C=O) groups excluding carboxylic acids is 1. The first-order chi connectivity index (χ1) is 10.0. The molecule has 0 fully saturated rings. The molecule has 0 radical (unpaired) electrons. The summed E-state index contributed by atoms with van der Waals surface area (Å²) in [5.74, 6) is -3.65. The van der Waals surface area contributed by atoms with Crippen LogP contribution >= 0.6 is 0 Å². The Kier molecular flexibility index (Phi) is 7.42. The van der Waals surface area contributed by atoms with Gasteiger partial charge in [-0.15, -0.1) is 0 Å². The molecule has 1 amide bonds. The van der Waals surface area contributed by atoms with Gasteiger partial charge in [0.05, 0.1) is 18.4 Å². The number of ether oxygens (including phenoxy) is 1. The van der Waals surface area contributed by atoms with E-state index in [0.29, 0.717) is 18.8 Å². The van der Waals surface area contributed by atoms with E-state index >= 15 is 0 Å². The van der Waals surface area contributed by atoms with Gasteiger partial charge < -0.3 is 26.0 Å². The smallest absolute Gasteiger partial charge is 0.414 e. The molecule has 0 aliphatic rings. The van der Waals surface area contributed by atoms with E-state index in [0.717, 1.165) is 0 Å².